The van der Waals surface area contributed by atoms with Gasteiger partial charge in [-0.2, -0.15) is 5.26 Å². The van der Waals surface area contributed by atoms with Crippen LogP contribution in [0.2, 0.25) is 0 Å². The van der Waals surface area contributed by atoms with Crippen LogP contribution in [-0.4, -0.2) is 42.3 Å². The molecular weight excluding hydrogens is 395 g/mol. The first-order chi connectivity index (χ1) is 14.2. The van der Waals surface area contributed by atoms with Crippen LogP contribution in [0.25, 0.3) is 6.08 Å². The molecule has 1 N–H and O–H groups in total. The van der Waals surface area contributed by atoms with Crippen molar-refractivity contribution in [3.63, 3.8) is 0 Å². The maximum Gasteiger partial charge on any atom is 0.492 e. The number of alkyl carbamates (subject to hydrolysis) is 1. The molecule has 0 atom stereocenters. The molecule has 0 saturated carbocycles. The minimum atomic E-state index is -0.682. The van der Waals surface area contributed by atoms with Crippen LogP contribution in [0.5, 0.6) is 0 Å². The standard InChI is InChI=1S/C23H31BN2O5/c1-21(2,3)29-20(28)26-15-18(24-30-22(4,5)23(6,7)31-24)14-16-9-8-10-17(13-16)19(27)11-12-25/h8-10,13-14H,11,15H2,1-7H3,(H,26,28). The highest BCUT2D eigenvalue weighted by molar-refractivity contribution is 6.56. The number of carbonyl (C=O) groups excluding carboxylic acids is 2. The number of carbonyl (C=O) groups is 2. The molecule has 1 fully saturated rings. The fraction of sp³-hybridized carbons (Fsp3) is 0.522. The molecule has 1 aliphatic heterocycles. The summed E-state index contributed by atoms with van der Waals surface area (Å²) in [6.07, 6.45) is 1.09. The van der Waals surface area contributed by atoms with Crippen LogP contribution in [0.4, 0.5) is 4.79 Å². The van der Waals surface area contributed by atoms with Gasteiger partial charge in [0.25, 0.3) is 0 Å². The SMILES string of the molecule is CC(C)(C)OC(=O)NCC(=Cc1cccc(C(=O)CC#N)c1)B1OC(C)(C)C(C)(C)O1. The highest BCUT2D eigenvalue weighted by Crippen LogP contribution is 2.38. The van der Waals surface area contributed by atoms with E-state index in [2.05, 4.69) is 5.32 Å². The number of rotatable bonds is 6. The van der Waals surface area contributed by atoms with E-state index in [9.17, 15) is 9.59 Å². The number of hydrogen-bond acceptors (Lipinski definition) is 6. The predicted molar refractivity (Wildman–Crippen MR) is 119 cm³/mol. The number of ketones is 1. The number of nitriles is 1. The zero-order valence-electron chi connectivity index (χ0n) is 19.4. The number of Topliss-reactive ketones (excluding diaryl/α,β-unsaturated/α-hetero) is 1. The van der Waals surface area contributed by atoms with Gasteiger partial charge in [-0.1, -0.05) is 24.3 Å². The smallest absolute Gasteiger partial charge is 0.444 e. The molecule has 0 aromatic heterocycles. The minimum Gasteiger partial charge on any atom is -0.444 e. The van der Waals surface area contributed by atoms with Gasteiger partial charge in [-0.05, 0) is 65.6 Å². The van der Waals surface area contributed by atoms with Crippen molar-refractivity contribution < 1.29 is 23.6 Å². The molecule has 1 saturated heterocycles. The van der Waals surface area contributed by atoms with Gasteiger partial charge in [0, 0.05) is 12.1 Å². The summed E-state index contributed by atoms with van der Waals surface area (Å²) in [6.45, 7) is 13.3. The lowest BCUT2D eigenvalue weighted by atomic mass is 9.77. The van der Waals surface area contributed by atoms with Gasteiger partial charge in [0.05, 0.1) is 23.7 Å². The Morgan fingerprint density at radius 2 is 1.81 bits per heavy atom. The van der Waals surface area contributed by atoms with Crippen LogP contribution in [0.15, 0.2) is 29.7 Å². The van der Waals surface area contributed by atoms with Gasteiger partial charge < -0.3 is 19.4 Å². The second kappa shape index (κ2) is 9.25. The lowest BCUT2D eigenvalue weighted by Gasteiger charge is -2.32. The van der Waals surface area contributed by atoms with Crippen molar-refractivity contribution in [2.24, 2.45) is 0 Å². The molecule has 31 heavy (non-hydrogen) atoms. The van der Waals surface area contributed by atoms with Gasteiger partial charge >= 0.3 is 13.2 Å². The highest BCUT2D eigenvalue weighted by atomic mass is 16.7. The summed E-state index contributed by atoms with van der Waals surface area (Å²) < 4.78 is 17.6. The van der Waals surface area contributed by atoms with E-state index < -0.39 is 30.0 Å². The second-order valence-electron chi connectivity index (χ2n) is 9.55. The Morgan fingerprint density at radius 3 is 2.35 bits per heavy atom. The van der Waals surface area contributed by atoms with E-state index in [0.717, 1.165) is 5.56 Å². The molecule has 0 radical (unpaired) electrons. The van der Waals surface area contributed by atoms with Crippen molar-refractivity contribution in [2.45, 2.75) is 71.7 Å². The topological polar surface area (TPSA) is 97.7 Å². The fourth-order valence-corrected chi connectivity index (χ4v) is 2.88. The zero-order chi connectivity index (χ0) is 23.4. The van der Waals surface area contributed by atoms with Crippen LogP contribution >= 0.6 is 0 Å². The van der Waals surface area contributed by atoms with Gasteiger partial charge in [0.15, 0.2) is 5.78 Å². The predicted octanol–water partition coefficient (Wildman–Crippen LogP) is 4.32. The number of ether oxygens (including phenoxy) is 1. The summed E-state index contributed by atoms with van der Waals surface area (Å²) in [7, 11) is -0.682. The normalized spacial score (nSPS) is 17.7. The molecule has 2 rings (SSSR count). The lowest BCUT2D eigenvalue weighted by Crippen LogP contribution is -2.41. The monoisotopic (exact) mass is 426 g/mol. The van der Waals surface area contributed by atoms with E-state index in [1.165, 1.54) is 0 Å². The van der Waals surface area contributed by atoms with E-state index in [1.807, 2.05) is 45.9 Å². The maximum absolute atomic E-state index is 12.2. The first kappa shape index (κ1) is 24.6. The summed E-state index contributed by atoms with van der Waals surface area (Å²) in [6, 6.07) is 8.84. The number of amides is 1. The van der Waals surface area contributed by atoms with E-state index in [4.69, 9.17) is 19.3 Å². The van der Waals surface area contributed by atoms with E-state index in [0.29, 0.717) is 11.0 Å². The number of hydrogen-bond donors (Lipinski definition) is 1. The molecule has 1 aliphatic rings. The number of nitrogens with zero attached hydrogens (tertiary/aromatic N) is 1. The van der Waals surface area contributed by atoms with Crippen molar-refractivity contribution >= 4 is 25.1 Å². The van der Waals surface area contributed by atoms with Crippen molar-refractivity contribution in [3.05, 3.63) is 40.9 Å². The Labute approximate surface area is 184 Å². The van der Waals surface area contributed by atoms with Crippen molar-refractivity contribution in [2.75, 3.05) is 6.54 Å². The van der Waals surface area contributed by atoms with Crippen LogP contribution in [0.1, 0.15) is 70.8 Å². The second-order valence-corrected chi connectivity index (χ2v) is 9.55. The molecule has 1 heterocycles. The summed E-state index contributed by atoms with van der Waals surface area (Å²) in [5, 5.41) is 11.5. The molecule has 1 amide bonds. The molecular formula is C23H31BN2O5. The molecule has 0 aliphatic carbocycles. The Kier molecular flexibility index (Phi) is 7.35. The largest absolute Gasteiger partial charge is 0.492 e. The summed E-state index contributed by atoms with van der Waals surface area (Å²) in [5.41, 5.74) is 0.145. The van der Waals surface area contributed by atoms with Gasteiger partial charge in [-0.3, -0.25) is 4.79 Å². The van der Waals surface area contributed by atoms with E-state index >= 15 is 0 Å². The molecule has 1 aromatic rings. The van der Waals surface area contributed by atoms with E-state index in [-0.39, 0.29) is 18.7 Å². The highest BCUT2D eigenvalue weighted by Gasteiger charge is 2.52. The maximum atomic E-state index is 12.2. The van der Waals surface area contributed by atoms with Crippen LogP contribution in [0, 0.1) is 11.3 Å². The quantitative estimate of drug-likeness (QED) is 0.537. The van der Waals surface area contributed by atoms with Crippen LogP contribution < -0.4 is 5.32 Å². The third kappa shape index (κ3) is 6.68. The average molecular weight is 426 g/mol. The Bertz CT molecular complexity index is 893. The van der Waals surface area contributed by atoms with Crippen LogP contribution in [-0.2, 0) is 14.0 Å². The third-order valence-corrected chi connectivity index (χ3v) is 5.19. The molecule has 7 nitrogen and oxygen atoms in total. The van der Waals surface area contributed by atoms with Crippen LogP contribution in [0.3, 0.4) is 0 Å². The summed E-state index contributed by atoms with van der Waals surface area (Å²) >= 11 is 0. The van der Waals surface area contributed by atoms with E-state index in [1.54, 1.807) is 39.0 Å². The Balaban J connectivity index is 2.32. The number of nitrogens with one attached hydrogen (secondary N) is 1. The third-order valence-electron chi connectivity index (χ3n) is 5.19. The molecule has 0 spiro atoms. The first-order valence-corrected chi connectivity index (χ1v) is 10.3. The van der Waals surface area contributed by atoms with Gasteiger partial charge in [-0.25, -0.2) is 4.79 Å². The Hall–Kier alpha value is -2.63. The molecule has 1 aromatic carbocycles. The molecule has 0 unspecified atom stereocenters. The molecule has 166 valence electrons. The lowest BCUT2D eigenvalue weighted by molar-refractivity contribution is 0.00578. The molecule has 0 bridgehead atoms. The fourth-order valence-electron chi connectivity index (χ4n) is 2.88. The zero-order valence-corrected chi connectivity index (χ0v) is 19.4. The van der Waals surface area contributed by atoms with Crippen molar-refractivity contribution in [3.8, 4) is 6.07 Å². The Morgan fingerprint density at radius 1 is 1.19 bits per heavy atom. The van der Waals surface area contributed by atoms with Gasteiger partial charge in [-0.15, -0.1) is 0 Å². The summed E-state index contributed by atoms with van der Waals surface area (Å²) in [4.78, 5) is 24.3. The summed E-state index contributed by atoms with van der Waals surface area (Å²) in [5.74, 6) is -0.248. The van der Waals surface area contributed by atoms with Crippen molar-refractivity contribution in [1.82, 2.24) is 5.32 Å². The average Bonchev–Trinajstić information content (AvgIpc) is 2.85. The minimum absolute atomic E-state index is 0.141. The van der Waals surface area contributed by atoms with Gasteiger partial charge in [0.1, 0.15) is 5.60 Å². The van der Waals surface area contributed by atoms with Crippen molar-refractivity contribution in [1.29, 1.82) is 5.26 Å². The number of benzene rings is 1. The molecule has 8 heteroatoms. The van der Waals surface area contributed by atoms with Gasteiger partial charge in [0.2, 0.25) is 0 Å². The first-order valence-electron chi connectivity index (χ1n) is 10.3.